The van der Waals surface area contributed by atoms with Gasteiger partial charge in [-0.1, -0.05) is 13.3 Å². The van der Waals surface area contributed by atoms with Gasteiger partial charge in [-0.05, 0) is 38.5 Å². The Labute approximate surface area is 158 Å². The number of nitrogens with one attached hydrogen (secondary N) is 1. The highest BCUT2D eigenvalue weighted by molar-refractivity contribution is 5.79. The Kier molecular flexibility index (Phi) is 5.04. The van der Waals surface area contributed by atoms with Gasteiger partial charge in [-0.3, -0.25) is 14.7 Å². The number of carbonyl (C=O) groups excluding carboxylic acids is 1. The molecule has 2 fully saturated rings. The topological polar surface area (TPSA) is 79.7 Å². The third-order valence-corrected chi connectivity index (χ3v) is 6.09. The third-order valence-electron chi connectivity index (χ3n) is 6.09. The van der Waals surface area contributed by atoms with Gasteiger partial charge in [0.2, 0.25) is 5.91 Å². The molecule has 7 nitrogen and oxygen atoms in total. The van der Waals surface area contributed by atoms with Crippen molar-refractivity contribution in [3.63, 3.8) is 0 Å². The van der Waals surface area contributed by atoms with Crippen LogP contribution >= 0.6 is 0 Å². The number of hydrogen-bond donors (Lipinski definition) is 1. The molecular formula is C20H28N4O3. The summed E-state index contributed by atoms with van der Waals surface area (Å²) in [5, 5.41) is 3.19. The van der Waals surface area contributed by atoms with Crippen LogP contribution in [-0.2, 0) is 16.0 Å². The van der Waals surface area contributed by atoms with Gasteiger partial charge in [-0.2, -0.15) is 0 Å². The molecule has 2 aromatic heterocycles. The van der Waals surface area contributed by atoms with Crippen LogP contribution in [0.25, 0.3) is 5.65 Å². The minimum absolute atomic E-state index is 0.00778. The van der Waals surface area contributed by atoms with Crippen LogP contribution in [0.4, 0.5) is 0 Å². The predicted octanol–water partition coefficient (Wildman–Crippen LogP) is 2.45. The molecule has 1 aliphatic heterocycles. The lowest BCUT2D eigenvalue weighted by molar-refractivity contribution is -0.139. The van der Waals surface area contributed by atoms with E-state index in [9.17, 15) is 9.59 Å². The number of ether oxygens (including phenoxy) is 1. The number of aromatic nitrogens is 3. The van der Waals surface area contributed by atoms with Crippen LogP contribution in [0.5, 0.6) is 0 Å². The Morgan fingerprint density at radius 1 is 1.30 bits per heavy atom. The number of methoxy groups -OCH3 is 1. The first-order chi connectivity index (χ1) is 13.1. The Morgan fingerprint density at radius 2 is 2.15 bits per heavy atom. The molecule has 2 aliphatic rings. The fourth-order valence-corrected chi connectivity index (χ4v) is 4.58. The van der Waals surface area contributed by atoms with Crippen molar-refractivity contribution in [3.8, 4) is 0 Å². The molecule has 1 saturated heterocycles. The number of aryl methyl sites for hydroxylation is 1. The molecule has 0 aromatic carbocycles. The highest BCUT2D eigenvalue weighted by atomic mass is 16.5. The van der Waals surface area contributed by atoms with E-state index in [0.29, 0.717) is 5.65 Å². The van der Waals surface area contributed by atoms with E-state index >= 15 is 0 Å². The van der Waals surface area contributed by atoms with Crippen LogP contribution in [0.3, 0.4) is 0 Å². The van der Waals surface area contributed by atoms with Gasteiger partial charge in [-0.15, -0.1) is 0 Å². The lowest BCUT2D eigenvalue weighted by Gasteiger charge is -2.32. The smallest absolute Gasteiger partial charge is 0.272 e. The second-order valence-electron chi connectivity index (χ2n) is 7.76. The number of likely N-dealkylation sites (tertiary alicyclic amines) is 1. The average molecular weight is 372 g/mol. The number of carbonyl (C=O) groups is 1. The Balaban J connectivity index is 1.59. The van der Waals surface area contributed by atoms with Gasteiger partial charge >= 0.3 is 0 Å². The summed E-state index contributed by atoms with van der Waals surface area (Å²) in [6.45, 7) is 2.76. The predicted molar refractivity (Wildman–Crippen MR) is 102 cm³/mol. The molecule has 1 saturated carbocycles. The number of fused-ring (bicyclic) bond motifs is 1. The lowest BCUT2D eigenvalue weighted by Crippen LogP contribution is -2.39. The van der Waals surface area contributed by atoms with Gasteiger partial charge in [0.1, 0.15) is 0 Å². The van der Waals surface area contributed by atoms with Crippen molar-refractivity contribution in [2.75, 3.05) is 13.7 Å². The molecule has 27 heavy (non-hydrogen) atoms. The van der Waals surface area contributed by atoms with E-state index in [1.807, 2.05) is 17.9 Å². The van der Waals surface area contributed by atoms with E-state index in [4.69, 9.17) is 4.74 Å². The van der Waals surface area contributed by atoms with Crippen LogP contribution in [0.1, 0.15) is 62.9 Å². The normalized spacial score (nSPS) is 26.0. The maximum absolute atomic E-state index is 13.2. The van der Waals surface area contributed by atoms with E-state index in [1.54, 1.807) is 13.2 Å². The van der Waals surface area contributed by atoms with Gasteiger partial charge in [0.05, 0.1) is 17.8 Å². The van der Waals surface area contributed by atoms with E-state index in [2.05, 4.69) is 10.1 Å². The Hall–Kier alpha value is -2.15. The van der Waals surface area contributed by atoms with Gasteiger partial charge in [0, 0.05) is 37.4 Å². The molecule has 3 atom stereocenters. The number of rotatable bonds is 4. The highest BCUT2D eigenvalue weighted by Gasteiger charge is 2.37. The van der Waals surface area contributed by atoms with Gasteiger partial charge in [0.25, 0.3) is 5.56 Å². The SMILES string of the molecule is CCc1cc(=O)n2[nH]c([C@@H]3CCCN3C(=O)[C@@H]3CCC[C@H](OC)C3)cc2n1. The first-order valence-electron chi connectivity index (χ1n) is 10.1. The van der Waals surface area contributed by atoms with E-state index in [0.717, 1.165) is 62.9 Å². The molecule has 0 bridgehead atoms. The summed E-state index contributed by atoms with van der Waals surface area (Å²) in [5.41, 5.74) is 2.22. The van der Waals surface area contributed by atoms with E-state index in [1.165, 1.54) is 4.52 Å². The zero-order chi connectivity index (χ0) is 19.0. The summed E-state index contributed by atoms with van der Waals surface area (Å²) in [5.74, 6) is 0.272. The van der Waals surface area contributed by atoms with Crippen molar-refractivity contribution < 1.29 is 9.53 Å². The van der Waals surface area contributed by atoms with Crippen LogP contribution in [0.15, 0.2) is 16.9 Å². The summed E-state index contributed by atoms with van der Waals surface area (Å²) in [4.78, 5) is 32.1. The fraction of sp³-hybridized carbons (Fsp3) is 0.650. The number of amides is 1. The van der Waals surface area contributed by atoms with Crippen molar-refractivity contribution >= 4 is 11.6 Å². The van der Waals surface area contributed by atoms with Crippen LogP contribution in [0, 0.1) is 5.92 Å². The minimum atomic E-state index is -0.103. The first kappa shape index (κ1) is 18.2. The highest BCUT2D eigenvalue weighted by Crippen LogP contribution is 2.36. The molecule has 3 heterocycles. The molecule has 1 aliphatic carbocycles. The monoisotopic (exact) mass is 372 g/mol. The largest absolute Gasteiger partial charge is 0.381 e. The Morgan fingerprint density at radius 3 is 2.93 bits per heavy atom. The van der Waals surface area contributed by atoms with Crippen molar-refractivity contribution in [3.05, 3.63) is 33.9 Å². The first-order valence-corrected chi connectivity index (χ1v) is 10.1. The minimum Gasteiger partial charge on any atom is -0.381 e. The summed E-state index contributed by atoms with van der Waals surface area (Å²) >= 11 is 0. The standard InChI is InChI=1S/C20H28N4O3/c1-3-14-11-19(25)24-18(21-14)12-16(22-24)17-8-5-9-23(17)20(26)13-6-4-7-15(10-13)27-2/h11-13,15,17,22H,3-10H2,1-2H3/t13-,15+,17+/m1/s1. The van der Waals surface area contributed by atoms with Crippen LogP contribution < -0.4 is 5.56 Å². The second-order valence-corrected chi connectivity index (χ2v) is 7.76. The maximum atomic E-state index is 13.2. The number of H-pyrrole nitrogens is 1. The van der Waals surface area contributed by atoms with Crippen molar-refractivity contribution in [2.45, 2.75) is 64.0 Å². The molecule has 0 spiro atoms. The molecular weight excluding hydrogens is 344 g/mol. The molecule has 0 radical (unpaired) electrons. The molecule has 7 heteroatoms. The van der Waals surface area contributed by atoms with Crippen LogP contribution in [-0.4, -0.2) is 45.2 Å². The molecule has 146 valence electrons. The fourth-order valence-electron chi connectivity index (χ4n) is 4.58. The van der Waals surface area contributed by atoms with Gasteiger partial charge < -0.3 is 9.64 Å². The summed E-state index contributed by atoms with van der Waals surface area (Å²) in [6, 6.07) is 3.49. The second kappa shape index (κ2) is 7.46. The summed E-state index contributed by atoms with van der Waals surface area (Å²) in [6.07, 6.45) is 6.64. The van der Waals surface area contributed by atoms with Crippen molar-refractivity contribution in [1.29, 1.82) is 0 Å². The van der Waals surface area contributed by atoms with Crippen molar-refractivity contribution in [1.82, 2.24) is 19.5 Å². The number of aromatic amines is 1. The molecule has 4 rings (SSSR count). The average Bonchev–Trinajstić information content (AvgIpc) is 3.34. The number of nitrogens with zero attached hydrogens (tertiary/aromatic N) is 3. The third kappa shape index (κ3) is 3.40. The zero-order valence-corrected chi connectivity index (χ0v) is 16.1. The summed E-state index contributed by atoms with van der Waals surface area (Å²) < 4.78 is 6.98. The van der Waals surface area contributed by atoms with Gasteiger partial charge in [0.15, 0.2) is 5.65 Å². The van der Waals surface area contributed by atoms with E-state index < -0.39 is 0 Å². The zero-order valence-electron chi connectivity index (χ0n) is 16.1. The molecule has 1 amide bonds. The van der Waals surface area contributed by atoms with Gasteiger partial charge in [-0.25, -0.2) is 9.50 Å². The molecule has 2 aromatic rings. The maximum Gasteiger partial charge on any atom is 0.272 e. The van der Waals surface area contributed by atoms with Crippen LogP contribution in [0.2, 0.25) is 0 Å². The molecule has 0 unspecified atom stereocenters. The number of hydrogen-bond acceptors (Lipinski definition) is 4. The Bertz CT molecular complexity index is 887. The van der Waals surface area contributed by atoms with E-state index in [-0.39, 0.29) is 29.5 Å². The van der Waals surface area contributed by atoms with Crippen molar-refractivity contribution in [2.24, 2.45) is 5.92 Å². The quantitative estimate of drug-likeness (QED) is 0.894. The lowest BCUT2D eigenvalue weighted by atomic mass is 9.86. The summed E-state index contributed by atoms with van der Waals surface area (Å²) in [7, 11) is 1.73. The molecule has 1 N–H and O–H groups in total.